The molecule has 1 atom stereocenters. The van der Waals surface area contributed by atoms with Gasteiger partial charge in [0.1, 0.15) is 0 Å². The Morgan fingerprint density at radius 1 is 1.00 bits per heavy atom. The number of para-hydroxylation sites is 1. The summed E-state index contributed by atoms with van der Waals surface area (Å²) in [6, 6.07) is 22.4. The number of anilines is 1. The molecule has 2 heteroatoms. The Balaban J connectivity index is 1.46. The monoisotopic (exact) mass is 308 g/mol. The highest BCUT2D eigenvalue weighted by Gasteiger charge is 2.25. The fraction of sp³-hybridized carbons (Fsp3) is 0.429. The molecule has 0 aromatic heterocycles. The largest absolute Gasteiger partial charge is 0.367 e. The van der Waals surface area contributed by atoms with Crippen LogP contribution in [0.2, 0.25) is 0 Å². The normalized spacial score (nSPS) is 17.8. The second kappa shape index (κ2) is 8.16. The number of aryl methyl sites for hydroxylation is 1. The third-order valence-electron chi connectivity index (χ3n) is 4.84. The lowest BCUT2D eigenvalue weighted by Crippen LogP contribution is -2.39. The fourth-order valence-corrected chi connectivity index (χ4v) is 3.63. The van der Waals surface area contributed by atoms with Crippen molar-refractivity contribution in [3.8, 4) is 0 Å². The molecule has 3 rings (SSSR count). The van der Waals surface area contributed by atoms with Gasteiger partial charge in [0, 0.05) is 24.8 Å². The Morgan fingerprint density at radius 2 is 1.70 bits per heavy atom. The molecule has 0 amide bonds. The van der Waals surface area contributed by atoms with Crippen molar-refractivity contribution in [1.82, 2.24) is 4.90 Å². The zero-order valence-electron chi connectivity index (χ0n) is 14.2. The maximum atomic E-state index is 2.59. The zero-order valence-corrected chi connectivity index (χ0v) is 14.2. The molecule has 2 nitrogen and oxygen atoms in total. The Hall–Kier alpha value is -1.80. The Labute approximate surface area is 140 Å². The van der Waals surface area contributed by atoms with Gasteiger partial charge >= 0.3 is 0 Å². The van der Waals surface area contributed by atoms with Gasteiger partial charge in [0.05, 0.1) is 0 Å². The van der Waals surface area contributed by atoms with Gasteiger partial charge in [0.15, 0.2) is 0 Å². The molecule has 122 valence electrons. The number of rotatable bonds is 7. The van der Waals surface area contributed by atoms with E-state index in [1.165, 1.54) is 56.6 Å². The van der Waals surface area contributed by atoms with Gasteiger partial charge in [-0.2, -0.15) is 0 Å². The van der Waals surface area contributed by atoms with Gasteiger partial charge in [-0.15, -0.1) is 0 Å². The summed E-state index contributed by atoms with van der Waals surface area (Å²) in [6.45, 7) is 3.55. The lowest BCUT2D eigenvalue weighted by atomic mass is 10.1. The predicted octanol–water partition coefficient (Wildman–Crippen LogP) is 4.22. The van der Waals surface area contributed by atoms with Crippen LogP contribution in [0.1, 0.15) is 24.8 Å². The van der Waals surface area contributed by atoms with Gasteiger partial charge in [0.2, 0.25) is 0 Å². The van der Waals surface area contributed by atoms with Crippen molar-refractivity contribution in [3.63, 3.8) is 0 Å². The van der Waals surface area contributed by atoms with E-state index in [4.69, 9.17) is 0 Å². The fourth-order valence-electron chi connectivity index (χ4n) is 3.63. The van der Waals surface area contributed by atoms with Gasteiger partial charge in [-0.3, -0.25) is 0 Å². The molecule has 0 bridgehead atoms. The summed E-state index contributed by atoms with van der Waals surface area (Å²) in [5.74, 6) is 0. The van der Waals surface area contributed by atoms with Crippen molar-refractivity contribution < 1.29 is 0 Å². The molecule has 1 saturated heterocycles. The van der Waals surface area contributed by atoms with Crippen LogP contribution in [0.3, 0.4) is 0 Å². The van der Waals surface area contributed by atoms with Crippen molar-refractivity contribution in [1.29, 1.82) is 0 Å². The molecule has 2 aromatic carbocycles. The molecular weight excluding hydrogens is 280 g/mol. The molecule has 1 unspecified atom stereocenters. The number of hydrogen-bond acceptors (Lipinski definition) is 2. The Bertz CT molecular complexity index is 567. The molecule has 0 saturated carbocycles. The summed E-state index contributed by atoms with van der Waals surface area (Å²) in [5, 5.41) is 0. The van der Waals surface area contributed by atoms with Crippen LogP contribution in [0.25, 0.3) is 0 Å². The van der Waals surface area contributed by atoms with E-state index in [0.717, 1.165) is 0 Å². The standard InChI is InChI=1S/C21H28N2/c1-22(16-8-12-19-10-4-2-5-11-19)18-21-15-9-17-23(21)20-13-6-3-7-14-20/h2-7,10-11,13-14,21H,8-9,12,15-18H2,1H3. The van der Waals surface area contributed by atoms with Gasteiger partial charge in [-0.05, 0) is 57.0 Å². The lowest BCUT2D eigenvalue weighted by molar-refractivity contribution is 0.306. The van der Waals surface area contributed by atoms with Crippen LogP contribution in [0.5, 0.6) is 0 Å². The highest BCUT2D eigenvalue weighted by Crippen LogP contribution is 2.25. The summed E-state index contributed by atoms with van der Waals surface area (Å²) in [4.78, 5) is 5.10. The molecule has 0 spiro atoms. The van der Waals surface area contributed by atoms with Crippen LogP contribution in [0.15, 0.2) is 60.7 Å². The summed E-state index contributed by atoms with van der Waals surface area (Å²) in [7, 11) is 2.27. The first-order valence-electron chi connectivity index (χ1n) is 8.87. The maximum Gasteiger partial charge on any atom is 0.0417 e. The topological polar surface area (TPSA) is 6.48 Å². The first-order valence-corrected chi connectivity index (χ1v) is 8.87. The molecule has 0 N–H and O–H groups in total. The molecular formula is C21H28N2. The molecule has 0 radical (unpaired) electrons. The van der Waals surface area contributed by atoms with E-state index >= 15 is 0 Å². The quantitative estimate of drug-likeness (QED) is 0.755. The number of likely N-dealkylation sites (N-methyl/N-ethyl adjacent to an activating group) is 1. The molecule has 1 aliphatic rings. The van der Waals surface area contributed by atoms with Crippen molar-refractivity contribution in [3.05, 3.63) is 66.2 Å². The van der Waals surface area contributed by atoms with Crippen molar-refractivity contribution in [2.24, 2.45) is 0 Å². The molecule has 2 aromatic rings. The van der Waals surface area contributed by atoms with Crippen LogP contribution >= 0.6 is 0 Å². The molecule has 1 aliphatic heterocycles. The highest BCUT2D eigenvalue weighted by atomic mass is 15.2. The SMILES string of the molecule is CN(CCCc1ccccc1)CC1CCCN1c1ccccc1. The summed E-state index contributed by atoms with van der Waals surface area (Å²) in [5.41, 5.74) is 2.83. The van der Waals surface area contributed by atoms with E-state index in [1.54, 1.807) is 0 Å². The second-order valence-corrected chi connectivity index (χ2v) is 6.68. The van der Waals surface area contributed by atoms with Gasteiger partial charge in [0.25, 0.3) is 0 Å². The van der Waals surface area contributed by atoms with Crippen LogP contribution in [-0.2, 0) is 6.42 Å². The third kappa shape index (κ3) is 4.59. The van der Waals surface area contributed by atoms with Crippen LogP contribution in [0.4, 0.5) is 5.69 Å². The van der Waals surface area contributed by atoms with E-state index in [2.05, 4.69) is 77.5 Å². The summed E-state index contributed by atoms with van der Waals surface area (Å²) >= 11 is 0. The molecule has 23 heavy (non-hydrogen) atoms. The van der Waals surface area contributed by atoms with Crippen molar-refractivity contribution in [2.45, 2.75) is 31.7 Å². The number of hydrogen-bond donors (Lipinski definition) is 0. The van der Waals surface area contributed by atoms with Crippen LogP contribution in [0, 0.1) is 0 Å². The summed E-state index contributed by atoms with van der Waals surface area (Å²) < 4.78 is 0. The predicted molar refractivity (Wildman–Crippen MR) is 99.1 cm³/mol. The Morgan fingerprint density at radius 3 is 2.43 bits per heavy atom. The average molecular weight is 308 g/mol. The zero-order chi connectivity index (χ0) is 15.9. The summed E-state index contributed by atoms with van der Waals surface area (Å²) in [6.07, 6.45) is 5.05. The maximum absolute atomic E-state index is 2.59. The lowest BCUT2D eigenvalue weighted by Gasteiger charge is -2.30. The minimum atomic E-state index is 0.666. The second-order valence-electron chi connectivity index (χ2n) is 6.68. The average Bonchev–Trinajstić information content (AvgIpc) is 3.05. The Kier molecular flexibility index (Phi) is 5.71. The molecule has 1 heterocycles. The number of nitrogens with zero attached hydrogens (tertiary/aromatic N) is 2. The van der Waals surface area contributed by atoms with Crippen LogP contribution < -0.4 is 4.90 Å². The van der Waals surface area contributed by atoms with E-state index in [0.29, 0.717) is 6.04 Å². The minimum absolute atomic E-state index is 0.666. The first kappa shape index (κ1) is 16.1. The van der Waals surface area contributed by atoms with Crippen molar-refractivity contribution in [2.75, 3.05) is 31.6 Å². The minimum Gasteiger partial charge on any atom is -0.367 e. The van der Waals surface area contributed by atoms with E-state index < -0.39 is 0 Å². The van der Waals surface area contributed by atoms with E-state index in [1.807, 2.05) is 0 Å². The third-order valence-corrected chi connectivity index (χ3v) is 4.84. The smallest absolute Gasteiger partial charge is 0.0417 e. The molecule has 1 fully saturated rings. The first-order chi connectivity index (χ1) is 11.3. The molecule has 0 aliphatic carbocycles. The van der Waals surface area contributed by atoms with E-state index in [-0.39, 0.29) is 0 Å². The van der Waals surface area contributed by atoms with Gasteiger partial charge in [-0.25, -0.2) is 0 Å². The van der Waals surface area contributed by atoms with Crippen LogP contribution in [-0.4, -0.2) is 37.6 Å². The van der Waals surface area contributed by atoms with Gasteiger partial charge < -0.3 is 9.80 Å². The highest BCUT2D eigenvalue weighted by molar-refractivity contribution is 5.48. The van der Waals surface area contributed by atoms with Crippen molar-refractivity contribution >= 4 is 5.69 Å². The number of benzene rings is 2. The van der Waals surface area contributed by atoms with Gasteiger partial charge in [-0.1, -0.05) is 48.5 Å². The van der Waals surface area contributed by atoms with E-state index in [9.17, 15) is 0 Å².